The van der Waals surface area contributed by atoms with Crippen LogP contribution in [0.4, 0.5) is 0 Å². The molecule has 1 unspecified atom stereocenters. The van der Waals surface area contributed by atoms with Crippen molar-refractivity contribution in [3.63, 3.8) is 0 Å². The van der Waals surface area contributed by atoms with Crippen LogP contribution in [0.25, 0.3) is 0 Å². The summed E-state index contributed by atoms with van der Waals surface area (Å²) in [5.41, 5.74) is 6.04. The fraction of sp³-hybridized carbons (Fsp3) is 0.385. The molecule has 1 aliphatic heterocycles. The second kappa shape index (κ2) is 6.25. The SMILES string of the molecule is COc1cccc(C(=O)N2CCOC(C(N)=NO)C2)c1. The Bertz CT molecular complexity index is 518. The van der Waals surface area contributed by atoms with Gasteiger partial charge >= 0.3 is 0 Å². The highest BCUT2D eigenvalue weighted by atomic mass is 16.5. The van der Waals surface area contributed by atoms with Crippen molar-refractivity contribution >= 4 is 11.7 Å². The van der Waals surface area contributed by atoms with Crippen LogP contribution < -0.4 is 10.5 Å². The molecular formula is C13H17N3O4. The molecule has 1 aromatic rings. The van der Waals surface area contributed by atoms with Gasteiger partial charge in [-0.25, -0.2) is 0 Å². The maximum absolute atomic E-state index is 12.4. The summed E-state index contributed by atoms with van der Waals surface area (Å²) in [5.74, 6) is 0.452. The lowest BCUT2D eigenvalue weighted by atomic mass is 10.1. The molecule has 1 heterocycles. The number of morpholine rings is 1. The molecule has 7 heteroatoms. The minimum Gasteiger partial charge on any atom is -0.497 e. The predicted molar refractivity (Wildman–Crippen MR) is 72.0 cm³/mol. The van der Waals surface area contributed by atoms with Crippen LogP contribution in [0.3, 0.4) is 0 Å². The Labute approximate surface area is 116 Å². The van der Waals surface area contributed by atoms with Crippen molar-refractivity contribution < 1.29 is 19.5 Å². The summed E-state index contributed by atoms with van der Waals surface area (Å²) < 4.78 is 10.5. The van der Waals surface area contributed by atoms with E-state index in [2.05, 4.69) is 5.16 Å². The van der Waals surface area contributed by atoms with Gasteiger partial charge in [-0.15, -0.1) is 0 Å². The highest BCUT2D eigenvalue weighted by molar-refractivity contribution is 5.95. The van der Waals surface area contributed by atoms with Crippen molar-refractivity contribution in [3.05, 3.63) is 29.8 Å². The molecule has 1 aliphatic rings. The topological polar surface area (TPSA) is 97.4 Å². The number of carbonyl (C=O) groups is 1. The number of rotatable bonds is 3. The van der Waals surface area contributed by atoms with E-state index in [0.717, 1.165) is 0 Å². The molecule has 1 amide bonds. The minimum absolute atomic E-state index is 0.0341. The van der Waals surface area contributed by atoms with Gasteiger partial charge in [-0.2, -0.15) is 0 Å². The van der Waals surface area contributed by atoms with Gasteiger partial charge in [0.1, 0.15) is 11.9 Å². The van der Waals surface area contributed by atoms with Crippen LogP contribution in [0.1, 0.15) is 10.4 Å². The van der Waals surface area contributed by atoms with Crippen molar-refractivity contribution in [2.45, 2.75) is 6.10 Å². The molecule has 0 aliphatic carbocycles. The lowest BCUT2D eigenvalue weighted by Gasteiger charge is -2.32. The molecule has 108 valence electrons. The number of methoxy groups -OCH3 is 1. The average Bonchev–Trinajstić information content (AvgIpc) is 2.53. The van der Waals surface area contributed by atoms with Crippen molar-refractivity contribution in [2.75, 3.05) is 26.8 Å². The number of benzene rings is 1. The van der Waals surface area contributed by atoms with Gasteiger partial charge in [0.15, 0.2) is 5.84 Å². The van der Waals surface area contributed by atoms with E-state index in [4.69, 9.17) is 20.4 Å². The summed E-state index contributed by atoms with van der Waals surface area (Å²) >= 11 is 0. The van der Waals surface area contributed by atoms with E-state index in [1.807, 2.05) is 0 Å². The second-order valence-electron chi connectivity index (χ2n) is 4.37. The number of nitrogens with two attached hydrogens (primary N) is 1. The Morgan fingerprint density at radius 2 is 2.40 bits per heavy atom. The molecular weight excluding hydrogens is 262 g/mol. The number of nitrogens with zero attached hydrogens (tertiary/aromatic N) is 2. The van der Waals surface area contributed by atoms with Crippen LogP contribution in [0, 0.1) is 0 Å². The number of hydrogen-bond donors (Lipinski definition) is 2. The van der Waals surface area contributed by atoms with Crippen molar-refractivity contribution in [1.29, 1.82) is 0 Å². The van der Waals surface area contributed by atoms with Crippen molar-refractivity contribution in [2.24, 2.45) is 10.9 Å². The van der Waals surface area contributed by atoms with Crippen LogP contribution in [0.15, 0.2) is 29.4 Å². The highest BCUT2D eigenvalue weighted by Gasteiger charge is 2.27. The van der Waals surface area contributed by atoms with Crippen LogP contribution in [-0.4, -0.2) is 54.8 Å². The fourth-order valence-electron chi connectivity index (χ4n) is 2.02. The van der Waals surface area contributed by atoms with Gasteiger partial charge in [0.05, 0.1) is 20.3 Å². The zero-order valence-electron chi connectivity index (χ0n) is 11.2. The van der Waals surface area contributed by atoms with Gasteiger partial charge in [0.2, 0.25) is 0 Å². The highest BCUT2D eigenvalue weighted by Crippen LogP contribution is 2.16. The maximum Gasteiger partial charge on any atom is 0.254 e. The third kappa shape index (κ3) is 3.00. The minimum atomic E-state index is -0.580. The number of oxime groups is 1. The second-order valence-corrected chi connectivity index (χ2v) is 4.37. The van der Waals surface area contributed by atoms with Crippen LogP contribution in [0.5, 0.6) is 5.75 Å². The normalized spacial score (nSPS) is 19.8. The number of amides is 1. The predicted octanol–water partition coefficient (Wildman–Crippen LogP) is 0.283. The third-order valence-electron chi connectivity index (χ3n) is 3.12. The lowest BCUT2D eigenvalue weighted by molar-refractivity contribution is 0.00674. The summed E-state index contributed by atoms with van der Waals surface area (Å²) in [7, 11) is 1.55. The summed E-state index contributed by atoms with van der Waals surface area (Å²) in [6, 6.07) is 6.93. The van der Waals surface area contributed by atoms with E-state index < -0.39 is 6.10 Å². The molecule has 0 radical (unpaired) electrons. The van der Waals surface area contributed by atoms with Gasteiger partial charge in [-0.3, -0.25) is 4.79 Å². The molecule has 1 fully saturated rings. The largest absolute Gasteiger partial charge is 0.497 e. The molecule has 2 rings (SSSR count). The molecule has 0 aromatic heterocycles. The first-order chi connectivity index (χ1) is 9.65. The van der Waals surface area contributed by atoms with E-state index in [1.54, 1.807) is 36.3 Å². The first-order valence-electron chi connectivity index (χ1n) is 6.18. The monoisotopic (exact) mass is 279 g/mol. The number of carbonyl (C=O) groups excluding carboxylic acids is 1. The van der Waals surface area contributed by atoms with Crippen molar-refractivity contribution in [3.8, 4) is 5.75 Å². The summed E-state index contributed by atoms with van der Waals surface area (Å²) in [5, 5.41) is 11.6. The summed E-state index contributed by atoms with van der Waals surface area (Å²) in [6.45, 7) is 1.06. The Morgan fingerprint density at radius 1 is 1.60 bits per heavy atom. The Kier molecular flexibility index (Phi) is 4.41. The summed E-state index contributed by atoms with van der Waals surface area (Å²) in [6.07, 6.45) is -0.580. The molecule has 7 nitrogen and oxygen atoms in total. The number of hydrogen-bond acceptors (Lipinski definition) is 5. The van der Waals surface area contributed by atoms with Gasteiger partial charge in [-0.1, -0.05) is 11.2 Å². The zero-order valence-corrected chi connectivity index (χ0v) is 11.2. The third-order valence-corrected chi connectivity index (χ3v) is 3.12. The van der Waals surface area contributed by atoms with Gasteiger partial charge in [0.25, 0.3) is 5.91 Å². The Balaban J connectivity index is 2.12. The fourth-order valence-corrected chi connectivity index (χ4v) is 2.02. The molecule has 1 aromatic carbocycles. The average molecular weight is 279 g/mol. The zero-order chi connectivity index (χ0) is 14.5. The molecule has 1 saturated heterocycles. The van der Waals surface area contributed by atoms with E-state index >= 15 is 0 Å². The van der Waals surface area contributed by atoms with Crippen LogP contribution in [0.2, 0.25) is 0 Å². The maximum atomic E-state index is 12.4. The molecule has 3 N–H and O–H groups in total. The first kappa shape index (κ1) is 14.1. The van der Waals surface area contributed by atoms with E-state index in [9.17, 15) is 4.79 Å². The van der Waals surface area contributed by atoms with Gasteiger partial charge < -0.3 is 25.3 Å². The van der Waals surface area contributed by atoms with E-state index in [-0.39, 0.29) is 18.3 Å². The Morgan fingerprint density at radius 3 is 3.10 bits per heavy atom. The molecule has 20 heavy (non-hydrogen) atoms. The standard InChI is InChI=1S/C13H17N3O4/c1-19-10-4-2-3-9(7-10)13(17)16-5-6-20-11(8-16)12(14)15-18/h2-4,7,11,18H,5-6,8H2,1H3,(H2,14,15). The van der Waals surface area contributed by atoms with Crippen molar-refractivity contribution in [1.82, 2.24) is 4.90 Å². The van der Waals surface area contributed by atoms with Gasteiger partial charge in [-0.05, 0) is 18.2 Å². The number of amidine groups is 1. The number of ether oxygens (including phenoxy) is 2. The molecule has 1 atom stereocenters. The smallest absolute Gasteiger partial charge is 0.254 e. The van der Waals surface area contributed by atoms with E-state index in [1.165, 1.54) is 0 Å². The van der Waals surface area contributed by atoms with Crippen LogP contribution in [-0.2, 0) is 4.74 Å². The molecule has 0 bridgehead atoms. The van der Waals surface area contributed by atoms with Crippen LogP contribution >= 0.6 is 0 Å². The Hall–Kier alpha value is -2.28. The lowest BCUT2D eigenvalue weighted by Crippen LogP contribution is -2.50. The molecule has 0 saturated carbocycles. The summed E-state index contributed by atoms with van der Waals surface area (Å²) in [4.78, 5) is 14.0. The molecule has 0 spiro atoms. The van der Waals surface area contributed by atoms with E-state index in [0.29, 0.717) is 24.5 Å². The quantitative estimate of drug-likeness (QED) is 0.358. The van der Waals surface area contributed by atoms with Gasteiger partial charge in [0, 0.05) is 12.1 Å². The first-order valence-corrected chi connectivity index (χ1v) is 6.18.